The quantitative estimate of drug-likeness (QED) is 0.911. The lowest BCUT2D eigenvalue weighted by atomic mass is 10.2. The van der Waals surface area contributed by atoms with Crippen molar-refractivity contribution in [3.8, 4) is 0 Å². The van der Waals surface area contributed by atoms with E-state index >= 15 is 0 Å². The first-order valence-electron chi connectivity index (χ1n) is 7.66. The molecule has 0 spiro atoms. The first-order chi connectivity index (χ1) is 11.0. The van der Waals surface area contributed by atoms with Gasteiger partial charge in [0.15, 0.2) is 5.76 Å². The highest BCUT2D eigenvalue weighted by Gasteiger charge is 2.24. The molecule has 0 radical (unpaired) electrons. The Bertz CT molecular complexity index is 757. The van der Waals surface area contributed by atoms with Gasteiger partial charge in [-0.1, -0.05) is 5.16 Å². The van der Waals surface area contributed by atoms with Crippen molar-refractivity contribution < 1.29 is 9.32 Å². The van der Waals surface area contributed by atoms with Crippen LogP contribution in [0.3, 0.4) is 0 Å². The van der Waals surface area contributed by atoms with Gasteiger partial charge >= 0.3 is 0 Å². The number of nitrogens with zero attached hydrogens (tertiary/aromatic N) is 3. The van der Waals surface area contributed by atoms with E-state index in [1.807, 2.05) is 13.0 Å². The van der Waals surface area contributed by atoms with Crippen molar-refractivity contribution in [2.24, 2.45) is 0 Å². The predicted octanol–water partition coefficient (Wildman–Crippen LogP) is 0.938. The highest BCUT2D eigenvalue weighted by Crippen LogP contribution is 2.11. The molecule has 23 heavy (non-hydrogen) atoms. The Labute approximate surface area is 133 Å². The Hall–Kier alpha value is -2.41. The summed E-state index contributed by atoms with van der Waals surface area (Å²) in [5.41, 5.74) is 1.50. The van der Waals surface area contributed by atoms with Crippen LogP contribution in [-0.2, 0) is 6.54 Å². The molecule has 1 N–H and O–H groups in total. The van der Waals surface area contributed by atoms with Gasteiger partial charge in [-0.25, -0.2) is 0 Å². The standard InChI is InChI=1S/C16H20N4O3/c1-11-3-4-14(15(21)17-11)16(22)20-7-5-19(6-8-20)10-13-9-12(2)18-23-13/h3-4,9H,5-8,10H2,1-2H3,(H,17,21). The van der Waals surface area contributed by atoms with Crippen molar-refractivity contribution in [3.05, 3.63) is 51.3 Å². The monoisotopic (exact) mass is 316 g/mol. The van der Waals surface area contributed by atoms with Gasteiger partial charge in [0.25, 0.3) is 11.5 Å². The molecule has 0 unspecified atom stereocenters. The number of aromatic nitrogens is 2. The van der Waals surface area contributed by atoms with Crippen LogP contribution in [0.25, 0.3) is 0 Å². The molecule has 1 aliphatic heterocycles. The van der Waals surface area contributed by atoms with Crippen molar-refractivity contribution in [2.75, 3.05) is 26.2 Å². The van der Waals surface area contributed by atoms with Crippen LogP contribution in [0.5, 0.6) is 0 Å². The van der Waals surface area contributed by atoms with E-state index < -0.39 is 0 Å². The highest BCUT2D eigenvalue weighted by molar-refractivity contribution is 5.93. The van der Waals surface area contributed by atoms with Crippen LogP contribution in [0.2, 0.25) is 0 Å². The van der Waals surface area contributed by atoms with Crippen LogP contribution in [0.15, 0.2) is 27.5 Å². The van der Waals surface area contributed by atoms with Gasteiger partial charge < -0.3 is 14.4 Å². The number of aryl methyl sites for hydroxylation is 2. The van der Waals surface area contributed by atoms with Crippen LogP contribution in [-0.4, -0.2) is 52.0 Å². The Kier molecular flexibility index (Phi) is 4.29. The summed E-state index contributed by atoms with van der Waals surface area (Å²) in [6, 6.07) is 5.26. The molecule has 0 aromatic carbocycles. The van der Waals surface area contributed by atoms with Gasteiger partial charge in [0.2, 0.25) is 0 Å². The molecule has 3 rings (SSSR count). The minimum atomic E-state index is -0.324. The van der Waals surface area contributed by atoms with Crippen molar-refractivity contribution in [3.63, 3.8) is 0 Å². The molecular formula is C16H20N4O3. The van der Waals surface area contributed by atoms with Gasteiger partial charge in [0.1, 0.15) is 5.56 Å². The van der Waals surface area contributed by atoms with Gasteiger partial charge in [-0.2, -0.15) is 0 Å². The third-order valence-electron chi connectivity index (χ3n) is 4.00. The van der Waals surface area contributed by atoms with E-state index in [2.05, 4.69) is 15.0 Å². The molecule has 2 aromatic rings. The Morgan fingerprint density at radius 3 is 2.61 bits per heavy atom. The molecule has 3 heterocycles. The first kappa shape index (κ1) is 15.5. The Morgan fingerprint density at radius 1 is 1.26 bits per heavy atom. The van der Waals surface area contributed by atoms with Crippen LogP contribution >= 0.6 is 0 Å². The van der Waals surface area contributed by atoms with Crippen molar-refractivity contribution in [1.29, 1.82) is 0 Å². The molecule has 1 saturated heterocycles. The van der Waals surface area contributed by atoms with E-state index in [4.69, 9.17) is 4.52 Å². The lowest BCUT2D eigenvalue weighted by Gasteiger charge is -2.34. The van der Waals surface area contributed by atoms with E-state index in [1.165, 1.54) is 0 Å². The largest absolute Gasteiger partial charge is 0.360 e. The number of hydrogen-bond donors (Lipinski definition) is 1. The van der Waals surface area contributed by atoms with Gasteiger partial charge in [0.05, 0.1) is 12.2 Å². The van der Waals surface area contributed by atoms with Gasteiger partial charge in [-0.3, -0.25) is 14.5 Å². The van der Waals surface area contributed by atoms with E-state index in [1.54, 1.807) is 24.0 Å². The van der Waals surface area contributed by atoms with Gasteiger partial charge in [-0.05, 0) is 26.0 Å². The fourth-order valence-electron chi connectivity index (χ4n) is 2.73. The van der Waals surface area contributed by atoms with Crippen LogP contribution in [0, 0.1) is 13.8 Å². The fourth-order valence-corrected chi connectivity index (χ4v) is 2.73. The summed E-state index contributed by atoms with van der Waals surface area (Å²) >= 11 is 0. The summed E-state index contributed by atoms with van der Waals surface area (Å²) in [6.45, 7) is 7.05. The zero-order chi connectivity index (χ0) is 16.4. The summed E-state index contributed by atoms with van der Waals surface area (Å²) in [5.74, 6) is 0.624. The summed E-state index contributed by atoms with van der Waals surface area (Å²) in [6.07, 6.45) is 0. The highest BCUT2D eigenvalue weighted by atomic mass is 16.5. The van der Waals surface area contributed by atoms with E-state index in [9.17, 15) is 9.59 Å². The normalized spacial score (nSPS) is 15.8. The second-order valence-corrected chi connectivity index (χ2v) is 5.89. The second kappa shape index (κ2) is 6.37. The number of aromatic amines is 1. The summed E-state index contributed by atoms with van der Waals surface area (Å²) in [7, 11) is 0. The zero-order valence-electron chi connectivity index (χ0n) is 13.3. The summed E-state index contributed by atoms with van der Waals surface area (Å²) in [5, 5.41) is 3.88. The predicted molar refractivity (Wildman–Crippen MR) is 84.2 cm³/mol. The van der Waals surface area contributed by atoms with E-state index in [-0.39, 0.29) is 17.0 Å². The smallest absolute Gasteiger partial charge is 0.260 e. The molecule has 1 amide bonds. The van der Waals surface area contributed by atoms with Crippen LogP contribution in [0.4, 0.5) is 0 Å². The summed E-state index contributed by atoms with van der Waals surface area (Å²) in [4.78, 5) is 31.0. The maximum atomic E-state index is 12.5. The van der Waals surface area contributed by atoms with Crippen molar-refractivity contribution >= 4 is 5.91 Å². The average molecular weight is 316 g/mol. The number of H-pyrrole nitrogens is 1. The van der Waals surface area contributed by atoms with Crippen molar-refractivity contribution in [1.82, 2.24) is 19.9 Å². The van der Waals surface area contributed by atoms with Crippen LogP contribution < -0.4 is 5.56 Å². The van der Waals surface area contributed by atoms with Gasteiger partial charge in [-0.15, -0.1) is 0 Å². The molecule has 7 nitrogen and oxygen atoms in total. The molecule has 0 saturated carbocycles. The zero-order valence-corrected chi connectivity index (χ0v) is 13.3. The maximum absolute atomic E-state index is 12.5. The fraction of sp³-hybridized carbons (Fsp3) is 0.438. The molecule has 2 aromatic heterocycles. The van der Waals surface area contributed by atoms with Gasteiger partial charge in [0, 0.05) is 37.9 Å². The lowest BCUT2D eigenvalue weighted by Crippen LogP contribution is -2.49. The number of pyridine rings is 1. The number of amides is 1. The number of rotatable bonds is 3. The topological polar surface area (TPSA) is 82.4 Å². The Morgan fingerprint density at radius 2 is 2.00 bits per heavy atom. The summed E-state index contributed by atoms with van der Waals surface area (Å²) < 4.78 is 5.22. The third-order valence-corrected chi connectivity index (χ3v) is 4.00. The minimum Gasteiger partial charge on any atom is -0.360 e. The van der Waals surface area contributed by atoms with E-state index in [0.29, 0.717) is 19.6 Å². The molecule has 0 aliphatic carbocycles. The third kappa shape index (κ3) is 3.50. The van der Waals surface area contributed by atoms with E-state index in [0.717, 1.165) is 30.2 Å². The molecule has 122 valence electrons. The molecule has 1 fully saturated rings. The molecule has 7 heteroatoms. The molecule has 1 aliphatic rings. The second-order valence-electron chi connectivity index (χ2n) is 5.89. The molecule has 0 bridgehead atoms. The minimum absolute atomic E-state index is 0.204. The lowest BCUT2D eigenvalue weighted by molar-refractivity contribution is 0.0615. The average Bonchev–Trinajstić information content (AvgIpc) is 2.92. The van der Waals surface area contributed by atoms with Crippen molar-refractivity contribution in [2.45, 2.75) is 20.4 Å². The molecular weight excluding hydrogens is 296 g/mol. The number of piperazine rings is 1. The number of hydrogen-bond acceptors (Lipinski definition) is 5. The van der Waals surface area contributed by atoms with Crippen LogP contribution in [0.1, 0.15) is 27.5 Å². The SMILES string of the molecule is Cc1cc(CN2CCN(C(=O)c3ccc(C)[nH]c3=O)CC2)on1. The number of carbonyl (C=O) groups excluding carboxylic acids is 1. The number of nitrogens with one attached hydrogen (secondary N) is 1. The Balaban J connectivity index is 1.60. The number of carbonyl (C=O) groups is 1. The first-order valence-corrected chi connectivity index (χ1v) is 7.66. The molecule has 0 atom stereocenters. The maximum Gasteiger partial charge on any atom is 0.260 e.